The smallest absolute Gasteiger partial charge is 0.317 e. The summed E-state index contributed by atoms with van der Waals surface area (Å²) in [6.07, 6.45) is -0.403. The highest BCUT2D eigenvalue weighted by atomic mass is 16.4. The van der Waals surface area contributed by atoms with Gasteiger partial charge in [0.2, 0.25) is 0 Å². The number of hydrogen-bond donors (Lipinski definition) is 3. The van der Waals surface area contributed by atoms with Gasteiger partial charge in [0.25, 0.3) is 0 Å². The number of rotatable bonds is 1. The molecule has 3 N–H and O–H groups in total. The molecule has 5 heteroatoms. The van der Waals surface area contributed by atoms with E-state index >= 15 is 0 Å². The normalized spacial score (nSPS) is 15.2. The van der Waals surface area contributed by atoms with E-state index in [1.807, 2.05) is 0 Å². The first-order valence-corrected chi connectivity index (χ1v) is 3.77. The Morgan fingerprint density at radius 1 is 1.33 bits per heavy atom. The van der Waals surface area contributed by atoms with Crippen molar-refractivity contribution in [3.8, 4) is 6.07 Å². The molecule has 1 fully saturated rings. The molecule has 12 heavy (non-hydrogen) atoms. The van der Waals surface area contributed by atoms with Crippen molar-refractivity contribution in [1.82, 2.24) is 10.6 Å². The first kappa shape index (κ1) is 10.9. The van der Waals surface area contributed by atoms with Crippen molar-refractivity contribution in [3.63, 3.8) is 0 Å². The van der Waals surface area contributed by atoms with Crippen molar-refractivity contribution in [1.29, 1.82) is 5.26 Å². The molecule has 0 amide bonds. The van der Waals surface area contributed by atoms with Gasteiger partial charge in [-0.05, 0) is 0 Å². The molecule has 1 heterocycles. The van der Waals surface area contributed by atoms with Crippen molar-refractivity contribution in [3.05, 3.63) is 0 Å². The van der Waals surface area contributed by atoms with E-state index in [1.165, 1.54) is 6.07 Å². The topological polar surface area (TPSA) is 85.1 Å². The van der Waals surface area contributed by atoms with Gasteiger partial charge in [-0.25, -0.2) is 0 Å². The Hall–Kier alpha value is -1.12. The van der Waals surface area contributed by atoms with Crippen molar-refractivity contribution in [2.45, 2.75) is 6.42 Å². The lowest BCUT2D eigenvalue weighted by Crippen LogP contribution is -2.39. The highest BCUT2D eigenvalue weighted by Gasteiger charge is 1.91. The molecule has 5 nitrogen and oxygen atoms in total. The van der Waals surface area contributed by atoms with E-state index in [4.69, 9.17) is 10.4 Å². The molecule has 0 spiro atoms. The quantitative estimate of drug-likeness (QED) is 0.479. The van der Waals surface area contributed by atoms with Crippen LogP contribution in [-0.2, 0) is 4.79 Å². The van der Waals surface area contributed by atoms with Crippen LogP contribution in [0.5, 0.6) is 0 Å². The molecule has 0 aromatic heterocycles. The molecule has 1 rings (SSSR count). The van der Waals surface area contributed by atoms with Gasteiger partial charge in [-0.1, -0.05) is 0 Å². The minimum atomic E-state index is -1.07. The predicted molar refractivity (Wildman–Crippen MR) is 43.6 cm³/mol. The second kappa shape index (κ2) is 7.98. The second-order valence-electron chi connectivity index (χ2n) is 2.23. The summed E-state index contributed by atoms with van der Waals surface area (Å²) in [4.78, 5) is 9.38. The zero-order valence-corrected chi connectivity index (χ0v) is 6.84. The van der Waals surface area contributed by atoms with Crippen LogP contribution in [0.25, 0.3) is 0 Å². The molecule has 1 aliphatic heterocycles. The molecule has 1 aliphatic rings. The van der Waals surface area contributed by atoms with E-state index in [0.29, 0.717) is 0 Å². The third-order valence-corrected chi connectivity index (χ3v) is 1.19. The molecular formula is C7H13N3O2. The van der Waals surface area contributed by atoms with Crippen molar-refractivity contribution in [2.75, 3.05) is 26.2 Å². The van der Waals surface area contributed by atoms with Crippen LogP contribution in [0.3, 0.4) is 0 Å². The molecule has 1 saturated heterocycles. The summed E-state index contributed by atoms with van der Waals surface area (Å²) >= 11 is 0. The summed E-state index contributed by atoms with van der Waals surface area (Å²) in [5.41, 5.74) is 0. The monoisotopic (exact) mass is 171 g/mol. The summed E-state index contributed by atoms with van der Waals surface area (Å²) in [5, 5.41) is 21.7. The van der Waals surface area contributed by atoms with Gasteiger partial charge < -0.3 is 15.7 Å². The van der Waals surface area contributed by atoms with Gasteiger partial charge in [0.1, 0.15) is 6.42 Å². The van der Waals surface area contributed by atoms with Crippen molar-refractivity contribution in [2.24, 2.45) is 0 Å². The van der Waals surface area contributed by atoms with E-state index in [0.717, 1.165) is 26.2 Å². The van der Waals surface area contributed by atoms with Crippen LogP contribution in [0.15, 0.2) is 0 Å². The van der Waals surface area contributed by atoms with Crippen LogP contribution in [0.4, 0.5) is 0 Å². The SMILES string of the molecule is C1CNCCN1.N#CCC(=O)O. The average Bonchev–Trinajstić information content (AvgIpc) is 2.08. The maximum atomic E-state index is 9.38. The summed E-state index contributed by atoms with van der Waals surface area (Å²) in [6, 6.07) is 1.47. The number of nitriles is 1. The van der Waals surface area contributed by atoms with Gasteiger partial charge in [-0.15, -0.1) is 0 Å². The molecular weight excluding hydrogens is 158 g/mol. The first-order valence-electron chi connectivity index (χ1n) is 3.77. The zero-order chi connectivity index (χ0) is 9.23. The number of aliphatic carboxylic acids is 1. The number of carbonyl (C=O) groups is 1. The standard InChI is InChI=1S/C4H10N2.C3H3NO2/c1-2-6-4-3-5-1;4-2-1-3(5)6/h5-6H,1-4H2;1H2,(H,5,6). The largest absolute Gasteiger partial charge is 0.480 e. The molecule has 0 bridgehead atoms. The Bertz CT molecular complexity index is 149. The van der Waals surface area contributed by atoms with Crippen LogP contribution in [0, 0.1) is 11.3 Å². The lowest BCUT2D eigenvalue weighted by atomic mass is 10.4. The number of carboxylic acids is 1. The highest BCUT2D eigenvalue weighted by molar-refractivity contribution is 5.69. The number of nitrogens with zero attached hydrogens (tertiary/aromatic N) is 1. The predicted octanol–water partition coefficient (Wildman–Crippen LogP) is -0.836. The number of piperazine rings is 1. The lowest BCUT2D eigenvalue weighted by molar-refractivity contribution is -0.135. The number of hydrogen-bond acceptors (Lipinski definition) is 4. The molecule has 0 aliphatic carbocycles. The van der Waals surface area contributed by atoms with Crippen LogP contribution in [-0.4, -0.2) is 37.3 Å². The van der Waals surface area contributed by atoms with E-state index < -0.39 is 12.4 Å². The summed E-state index contributed by atoms with van der Waals surface area (Å²) < 4.78 is 0. The summed E-state index contributed by atoms with van der Waals surface area (Å²) in [6.45, 7) is 4.56. The van der Waals surface area contributed by atoms with Gasteiger partial charge in [0, 0.05) is 26.2 Å². The van der Waals surface area contributed by atoms with Crippen LogP contribution in [0.2, 0.25) is 0 Å². The second-order valence-corrected chi connectivity index (χ2v) is 2.23. The Balaban J connectivity index is 0.000000202. The van der Waals surface area contributed by atoms with Gasteiger partial charge in [-0.3, -0.25) is 4.79 Å². The van der Waals surface area contributed by atoms with E-state index in [2.05, 4.69) is 10.6 Å². The Morgan fingerprint density at radius 3 is 1.83 bits per heavy atom. The van der Waals surface area contributed by atoms with Gasteiger partial charge in [0.15, 0.2) is 0 Å². The van der Waals surface area contributed by atoms with Gasteiger partial charge in [-0.2, -0.15) is 5.26 Å². The highest BCUT2D eigenvalue weighted by Crippen LogP contribution is 1.68. The minimum Gasteiger partial charge on any atom is -0.480 e. The molecule has 0 aromatic rings. The molecule has 0 saturated carbocycles. The minimum absolute atomic E-state index is 0.403. The van der Waals surface area contributed by atoms with Crippen molar-refractivity contribution >= 4 is 5.97 Å². The fourth-order valence-electron chi connectivity index (χ4n) is 0.671. The Kier molecular flexibility index (Phi) is 7.24. The molecule has 0 radical (unpaired) electrons. The fourth-order valence-corrected chi connectivity index (χ4v) is 0.671. The summed E-state index contributed by atoms with van der Waals surface area (Å²) in [7, 11) is 0. The van der Waals surface area contributed by atoms with Gasteiger partial charge in [0.05, 0.1) is 6.07 Å². The third-order valence-electron chi connectivity index (χ3n) is 1.19. The van der Waals surface area contributed by atoms with Crippen molar-refractivity contribution < 1.29 is 9.90 Å². The lowest BCUT2D eigenvalue weighted by Gasteiger charge is -2.11. The maximum absolute atomic E-state index is 9.38. The molecule has 0 aromatic carbocycles. The molecule has 0 atom stereocenters. The average molecular weight is 171 g/mol. The van der Waals surface area contributed by atoms with E-state index in [1.54, 1.807) is 0 Å². The van der Waals surface area contributed by atoms with Crippen LogP contribution < -0.4 is 10.6 Å². The van der Waals surface area contributed by atoms with Crippen LogP contribution >= 0.6 is 0 Å². The van der Waals surface area contributed by atoms with E-state index in [9.17, 15) is 4.79 Å². The van der Waals surface area contributed by atoms with E-state index in [-0.39, 0.29) is 0 Å². The Labute approximate surface area is 71.4 Å². The fraction of sp³-hybridized carbons (Fsp3) is 0.714. The Morgan fingerprint density at radius 2 is 1.75 bits per heavy atom. The first-order chi connectivity index (χ1) is 5.77. The molecule has 68 valence electrons. The molecule has 0 unspecified atom stereocenters. The third kappa shape index (κ3) is 8.88. The number of nitrogens with one attached hydrogen (secondary N) is 2. The summed E-state index contributed by atoms with van der Waals surface area (Å²) in [5.74, 6) is -1.07. The number of carboxylic acid groups (broad SMARTS) is 1. The van der Waals surface area contributed by atoms with Gasteiger partial charge >= 0.3 is 5.97 Å². The van der Waals surface area contributed by atoms with Crippen LogP contribution in [0.1, 0.15) is 6.42 Å². The zero-order valence-electron chi connectivity index (χ0n) is 6.84. The maximum Gasteiger partial charge on any atom is 0.317 e.